The van der Waals surface area contributed by atoms with Crippen LogP contribution in [0.3, 0.4) is 0 Å². The third kappa shape index (κ3) is 0.738. The van der Waals surface area contributed by atoms with Crippen molar-refractivity contribution in [2.24, 2.45) is 0 Å². The van der Waals surface area contributed by atoms with Gasteiger partial charge >= 0.3 is 0 Å². The van der Waals surface area contributed by atoms with Gasteiger partial charge in [0.1, 0.15) is 5.75 Å². The lowest BCUT2D eigenvalue weighted by Crippen LogP contribution is -2.03. The topological polar surface area (TPSA) is 49.3 Å². The Bertz CT molecular complexity index is 560. The van der Waals surface area contributed by atoms with E-state index in [2.05, 4.69) is 5.32 Å². The Morgan fingerprint density at radius 3 is 2.86 bits per heavy atom. The van der Waals surface area contributed by atoms with Crippen LogP contribution in [0.25, 0.3) is 10.8 Å². The van der Waals surface area contributed by atoms with Gasteiger partial charge in [-0.2, -0.15) is 0 Å². The van der Waals surface area contributed by atoms with Gasteiger partial charge < -0.3 is 10.4 Å². The fourth-order valence-electron chi connectivity index (χ4n) is 1.86. The Kier molecular flexibility index (Phi) is 1.19. The van der Waals surface area contributed by atoms with Crippen molar-refractivity contribution in [2.75, 3.05) is 5.32 Å². The first kappa shape index (κ1) is 7.38. The molecule has 1 aliphatic rings. The molecule has 0 saturated carbocycles. The van der Waals surface area contributed by atoms with Crippen LogP contribution < -0.4 is 5.32 Å². The van der Waals surface area contributed by atoms with Crippen LogP contribution in [0.1, 0.15) is 10.4 Å². The lowest BCUT2D eigenvalue weighted by atomic mass is 10.1. The molecule has 0 unspecified atom stereocenters. The summed E-state index contributed by atoms with van der Waals surface area (Å²) in [4.78, 5) is 11.5. The van der Waals surface area contributed by atoms with Gasteiger partial charge in [0.2, 0.25) is 0 Å². The maximum atomic E-state index is 11.5. The van der Waals surface area contributed by atoms with E-state index in [0.717, 1.165) is 10.8 Å². The SMILES string of the molecule is O=C1Nc2c(O)ccc3cccc1c23. The first-order chi connectivity index (χ1) is 6.77. The van der Waals surface area contributed by atoms with Crippen LogP contribution in [0.4, 0.5) is 5.69 Å². The number of hydrogen-bond acceptors (Lipinski definition) is 2. The van der Waals surface area contributed by atoms with Crippen molar-refractivity contribution in [1.29, 1.82) is 0 Å². The molecule has 3 heteroatoms. The Balaban J connectivity index is 2.58. The summed E-state index contributed by atoms with van der Waals surface area (Å²) in [6, 6.07) is 8.91. The Morgan fingerprint density at radius 1 is 1.14 bits per heavy atom. The van der Waals surface area contributed by atoms with Crippen LogP contribution in [-0.2, 0) is 0 Å². The number of phenols is 1. The molecule has 0 radical (unpaired) electrons. The fourth-order valence-corrected chi connectivity index (χ4v) is 1.86. The molecule has 2 aromatic carbocycles. The third-order valence-corrected chi connectivity index (χ3v) is 2.51. The predicted octanol–water partition coefficient (Wildman–Crippen LogP) is 2.11. The third-order valence-electron chi connectivity index (χ3n) is 2.51. The van der Waals surface area contributed by atoms with E-state index in [1.54, 1.807) is 18.2 Å². The first-order valence-corrected chi connectivity index (χ1v) is 4.33. The minimum atomic E-state index is -0.146. The van der Waals surface area contributed by atoms with Gasteiger partial charge in [0.25, 0.3) is 5.91 Å². The predicted molar refractivity (Wildman–Crippen MR) is 53.6 cm³/mol. The van der Waals surface area contributed by atoms with Gasteiger partial charge in [-0.05, 0) is 17.5 Å². The number of aromatic hydroxyl groups is 1. The van der Waals surface area contributed by atoms with E-state index in [-0.39, 0.29) is 11.7 Å². The van der Waals surface area contributed by atoms with Crippen molar-refractivity contribution < 1.29 is 9.90 Å². The molecule has 3 rings (SSSR count). The normalized spacial score (nSPS) is 13.3. The highest BCUT2D eigenvalue weighted by molar-refractivity contribution is 6.25. The van der Waals surface area contributed by atoms with Gasteiger partial charge in [-0.1, -0.05) is 18.2 Å². The second-order valence-corrected chi connectivity index (χ2v) is 3.32. The summed E-state index contributed by atoms with van der Waals surface area (Å²) >= 11 is 0. The van der Waals surface area contributed by atoms with Crippen molar-refractivity contribution in [3.63, 3.8) is 0 Å². The molecule has 0 spiro atoms. The van der Waals surface area contributed by atoms with Crippen molar-refractivity contribution in [1.82, 2.24) is 0 Å². The molecule has 2 N–H and O–H groups in total. The quantitative estimate of drug-likeness (QED) is 0.617. The summed E-state index contributed by atoms with van der Waals surface area (Å²) < 4.78 is 0. The molecule has 2 aromatic rings. The van der Waals surface area contributed by atoms with Gasteiger partial charge in [0.05, 0.1) is 5.69 Å². The smallest absolute Gasteiger partial charge is 0.256 e. The Hall–Kier alpha value is -2.03. The zero-order valence-corrected chi connectivity index (χ0v) is 7.24. The number of nitrogens with one attached hydrogen (secondary N) is 1. The van der Waals surface area contributed by atoms with Gasteiger partial charge in [-0.15, -0.1) is 0 Å². The second kappa shape index (κ2) is 2.26. The van der Waals surface area contributed by atoms with Crippen molar-refractivity contribution in [2.45, 2.75) is 0 Å². The van der Waals surface area contributed by atoms with E-state index in [4.69, 9.17) is 0 Å². The number of carbonyl (C=O) groups is 1. The van der Waals surface area contributed by atoms with Crippen LogP contribution in [0.2, 0.25) is 0 Å². The highest BCUT2D eigenvalue weighted by atomic mass is 16.3. The van der Waals surface area contributed by atoms with E-state index in [9.17, 15) is 9.90 Å². The molecule has 68 valence electrons. The molecule has 0 saturated heterocycles. The largest absolute Gasteiger partial charge is 0.506 e. The van der Waals surface area contributed by atoms with E-state index in [1.165, 1.54) is 0 Å². The molecular weight excluding hydrogens is 178 g/mol. The molecule has 3 nitrogen and oxygen atoms in total. The lowest BCUT2D eigenvalue weighted by Gasteiger charge is -2.01. The lowest BCUT2D eigenvalue weighted by molar-refractivity contribution is 0.103. The maximum absolute atomic E-state index is 11.5. The van der Waals surface area contributed by atoms with Crippen LogP contribution in [0.5, 0.6) is 5.75 Å². The van der Waals surface area contributed by atoms with Crippen molar-refractivity contribution in [3.05, 3.63) is 35.9 Å². The second-order valence-electron chi connectivity index (χ2n) is 3.32. The highest BCUT2D eigenvalue weighted by Crippen LogP contribution is 2.38. The number of anilines is 1. The fraction of sp³-hybridized carbons (Fsp3) is 0. The molecule has 0 aromatic heterocycles. The molecule has 1 amide bonds. The summed E-state index contributed by atoms with van der Waals surface area (Å²) in [5.41, 5.74) is 1.16. The summed E-state index contributed by atoms with van der Waals surface area (Å²) in [5, 5.41) is 14.0. The van der Waals surface area contributed by atoms with Crippen molar-refractivity contribution >= 4 is 22.4 Å². The monoisotopic (exact) mass is 185 g/mol. The van der Waals surface area contributed by atoms with Crippen LogP contribution in [-0.4, -0.2) is 11.0 Å². The number of carbonyl (C=O) groups excluding carboxylic acids is 1. The number of hydrogen-bond donors (Lipinski definition) is 2. The first-order valence-electron chi connectivity index (χ1n) is 4.33. The minimum Gasteiger partial charge on any atom is -0.506 e. The minimum absolute atomic E-state index is 0.121. The van der Waals surface area contributed by atoms with E-state index in [1.807, 2.05) is 12.1 Å². The molecule has 0 atom stereocenters. The summed E-state index contributed by atoms with van der Waals surface area (Å²) in [5.74, 6) is -0.0251. The Labute approximate surface area is 80.0 Å². The van der Waals surface area contributed by atoms with E-state index in [0.29, 0.717) is 11.3 Å². The maximum Gasteiger partial charge on any atom is 0.256 e. The number of amides is 1. The van der Waals surface area contributed by atoms with Crippen molar-refractivity contribution in [3.8, 4) is 5.75 Å². The zero-order valence-electron chi connectivity index (χ0n) is 7.24. The summed E-state index contributed by atoms with van der Waals surface area (Å²) in [6.45, 7) is 0. The molecular formula is C11H7NO2. The highest BCUT2D eigenvalue weighted by Gasteiger charge is 2.23. The molecule has 0 bridgehead atoms. The molecule has 0 aliphatic carbocycles. The summed E-state index contributed by atoms with van der Waals surface area (Å²) in [7, 11) is 0. The number of rotatable bonds is 0. The Morgan fingerprint density at radius 2 is 2.00 bits per heavy atom. The van der Waals surface area contributed by atoms with Gasteiger partial charge in [0.15, 0.2) is 0 Å². The standard InChI is InChI=1S/C11H7NO2/c13-8-5-4-6-2-1-3-7-9(6)10(8)12-11(7)14/h1-5,13H,(H,12,14). The molecule has 1 heterocycles. The average Bonchev–Trinajstić information content (AvgIpc) is 2.53. The van der Waals surface area contributed by atoms with E-state index < -0.39 is 0 Å². The number of benzene rings is 2. The van der Waals surface area contributed by atoms with Crippen LogP contribution in [0, 0.1) is 0 Å². The molecule has 1 aliphatic heterocycles. The van der Waals surface area contributed by atoms with Crippen LogP contribution in [0.15, 0.2) is 30.3 Å². The molecule has 0 fully saturated rings. The average molecular weight is 185 g/mol. The zero-order chi connectivity index (χ0) is 9.71. The van der Waals surface area contributed by atoms with Gasteiger partial charge in [0, 0.05) is 10.9 Å². The summed E-state index contributed by atoms with van der Waals surface area (Å²) in [6.07, 6.45) is 0. The van der Waals surface area contributed by atoms with Crippen LogP contribution >= 0.6 is 0 Å². The molecule has 14 heavy (non-hydrogen) atoms. The van der Waals surface area contributed by atoms with Gasteiger partial charge in [-0.25, -0.2) is 0 Å². The number of phenolic OH excluding ortho intramolecular Hbond substituents is 1. The van der Waals surface area contributed by atoms with Gasteiger partial charge in [-0.3, -0.25) is 4.79 Å². The van der Waals surface area contributed by atoms with E-state index >= 15 is 0 Å².